The summed E-state index contributed by atoms with van der Waals surface area (Å²) in [5.74, 6) is -0.144. The van der Waals surface area contributed by atoms with Crippen LogP contribution in [-0.2, 0) is 16.1 Å². The maximum absolute atomic E-state index is 12.1. The van der Waals surface area contributed by atoms with E-state index >= 15 is 0 Å². The number of cyclic esters (lactones) is 1. The molecular weight excluding hydrogens is 358 g/mol. The number of amides is 2. The number of nitrogens with zero attached hydrogens (tertiary/aromatic N) is 4. The van der Waals surface area contributed by atoms with Crippen molar-refractivity contribution in [2.75, 3.05) is 18.1 Å². The third-order valence-electron chi connectivity index (χ3n) is 4.98. The number of benzene rings is 1. The van der Waals surface area contributed by atoms with Gasteiger partial charge in [0.05, 0.1) is 18.1 Å². The van der Waals surface area contributed by atoms with E-state index in [9.17, 15) is 14.9 Å². The Labute approximate surface area is 162 Å². The highest BCUT2D eigenvalue weighted by Gasteiger charge is 2.34. The molecule has 0 spiro atoms. The van der Waals surface area contributed by atoms with Gasteiger partial charge in [0.15, 0.2) is 5.69 Å². The summed E-state index contributed by atoms with van der Waals surface area (Å²) in [6.45, 7) is 2.80. The lowest BCUT2D eigenvalue weighted by Gasteiger charge is -2.22. The predicted molar refractivity (Wildman–Crippen MR) is 102 cm³/mol. The number of hydrogen-bond donors (Lipinski definition) is 1. The van der Waals surface area contributed by atoms with E-state index in [0.717, 1.165) is 35.5 Å². The molecule has 142 valence electrons. The molecule has 3 heterocycles. The Morgan fingerprint density at radius 1 is 1.39 bits per heavy atom. The fourth-order valence-electron chi connectivity index (χ4n) is 3.54. The molecule has 1 atom stereocenters. The van der Waals surface area contributed by atoms with Gasteiger partial charge in [0.25, 0.3) is 0 Å². The molecule has 0 radical (unpaired) electrons. The smallest absolute Gasteiger partial charge is 0.414 e. The van der Waals surface area contributed by atoms with Gasteiger partial charge in [0.2, 0.25) is 5.91 Å². The third-order valence-corrected chi connectivity index (χ3v) is 4.98. The van der Waals surface area contributed by atoms with Crippen LogP contribution in [0.15, 0.2) is 30.6 Å². The van der Waals surface area contributed by atoms with Crippen LogP contribution in [0, 0.1) is 11.3 Å². The number of allylic oxidation sites excluding steroid dienone is 1. The molecule has 8 nitrogen and oxygen atoms in total. The average Bonchev–Trinajstić information content (AvgIpc) is 3.29. The number of ether oxygens (including phenoxy) is 1. The normalized spacial score (nSPS) is 18.1. The van der Waals surface area contributed by atoms with E-state index in [-0.39, 0.29) is 18.6 Å². The van der Waals surface area contributed by atoms with Gasteiger partial charge in [0, 0.05) is 25.7 Å². The van der Waals surface area contributed by atoms with Crippen molar-refractivity contribution < 1.29 is 14.3 Å². The van der Waals surface area contributed by atoms with Crippen LogP contribution in [-0.4, -0.2) is 40.7 Å². The van der Waals surface area contributed by atoms with E-state index in [1.807, 2.05) is 34.9 Å². The molecule has 1 aromatic carbocycles. The van der Waals surface area contributed by atoms with Crippen molar-refractivity contribution in [2.24, 2.45) is 0 Å². The second kappa shape index (κ2) is 7.19. The molecule has 1 N–H and O–H groups in total. The summed E-state index contributed by atoms with van der Waals surface area (Å²) in [4.78, 5) is 29.0. The van der Waals surface area contributed by atoms with Crippen molar-refractivity contribution in [3.63, 3.8) is 0 Å². The summed E-state index contributed by atoms with van der Waals surface area (Å²) in [7, 11) is 0. The number of hydrogen-bond acceptors (Lipinski definition) is 5. The number of carbonyl (C=O) groups excluding carboxylic acids is 2. The maximum atomic E-state index is 12.1. The Hall–Kier alpha value is -3.60. The van der Waals surface area contributed by atoms with Crippen LogP contribution in [0.2, 0.25) is 0 Å². The molecule has 2 aliphatic rings. The van der Waals surface area contributed by atoms with Crippen LogP contribution in [0.1, 0.15) is 30.3 Å². The van der Waals surface area contributed by atoms with Crippen molar-refractivity contribution in [3.8, 4) is 6.07 Å². The van der Waals surface area contributed by atoms with Crippen LogP contribution in [0.3, 0.4) is 0 Å². The van der Waals surface area contributed by atoms with Crippen molar-refractivity contribution in [1.82, 2.24) is 14.9 Å². The standard InChI is InChI=1S/C20H19N5O3/c1-13(26)22-10-17-11-28-20(27)25(17)16-4-2-14(3-5-16)15-6-7-24-12-23-18(9-21)19(24)8-15/h2-5,8,12,17H,6-7,10-11H2,1H3,(H,22,26). The van der Waals surface area contributed by atoms with Crippen molar-refractivity contribution in [3.05, 3.63) is 47.5 Å². The van der Waals surface area contributed by atoms with Crippen LogP contribution >= 0.6 is 0 Å². The zero-order valence-corrected chi connectivity index (χ0v) is 15.4. The van der Waals surface area contributed by atoms with Gasteiger partial charge >= 0.3 is 6.09 Å². The summed E-state index contributed by atoms with van der Waals surface area (Å²) in [6.07, 6.45) is 4.11. The molecule has 1 saturated heterocycles. The molecule has 2 aliphatic heterocycles. The van der Waals surface area contributed by atoms with E-state index in [4.69, 9.17) is 4.74 Å². The molecule has 4 rings (SSSR count). The highest BCUT2D eigenvalue weighted by molar-refractivity contribution is 5.91. The van der Waals surface area contributed by atoms with E-state index in [1.165, 1.54) is 6.92 Å². The van der Waals surface area contributed by atoms with E-state index < -0.39 is 6.09 Å². The zero-order valence-electron chi connectivity index (χ0n) is 15.4. The van der Waals surface area contributed by atoms with Gasteiger partial charge in [-0.1, -0.05) is 12.1 Å². The second-order valence-electron chi connectivity index (χ2n) is 6.79. The van der Waals surface area contributed by atoms with Gasteiger partial charge in [-0.2, -0.15) is 5.26 Å². The summed E-state index contributed by atoms with van der Waals surface area (Å²) in [5.41, 5.74) is 4.13. The maximum Gasteiger partial charge on any atom is 0.414 e. The molecule has 1 fully saturated rings. The second-order valence-corrected chi connectivity index (χ2v) is 6.79. The minimum Gasteiger partial charge on any atom is -0.447 e. The minimum atomic E-state index is -0.414. The first-order chi connectivity index (χ1) is 13.6. The Kier molecular flexibility index (Phi) is 4.57. The van der Waals surface area contributed by atoms with E-state index in [1.54, 1.807) is 11.2 Å². The van der Waals surface area contributed by atoms with Crippen LogP contribution in [0.25, 0.3) is 11.6 Å². The topological polar surface area (TPSA) is 100 Å². The number of rotatable bonds is 4. The highest BCUT2D eigenvalue weighted by Crippen LogP contribution is 2.30. The van der Waals surface area contributed by atoms with Crippen LogP contribution in [0.4, 0.5) is 10.5 Å². The number of fused-ring (bicyclic) bond motifs is 1. The van der Waals surface area contributed by atoms with E-state index in [0.29, 0.717) is 12.2 Å². The lowest BCUT2D eigenvalue weighted by atomic mass is 9.98. The number of imidazole rings is 1. The number of nitriles is 1. The summed E-state index contributed by atoms with van der Waals surface area (Å²) in [6, 6.07) is 9.55. The molecular formula is C20H19N5O3. The summed E-state index contributed by atoms with van der Waals surface area (Å²) < 4.78 is 7.13. The predicted octanol–water partition coefficient (Wildman–Crippen LogP) is 2.16. The monoisotopic (exact) mass is 377 g/mol. The lowest BCUT2D eigenvalue weighted by molar-refractivity contribution is -0.119. The first-order valence-electron chi connectivity index (χ1n) is 9.03. The molecule has 8 heteroatoms. The Morgan fingerprint density at radius 3 is 2.89 bits per heavy atom. The fourth-order valence-corrected chi connectivity index (χ4v) is 3.54. The number of aryl methyl sites for hydroxylation is 1. The first kappa shape index (κ1) is 17.8. The molecule has 2 amide bonds. The van der Waals surface area contributed by atoms with Crippen LogP contribution in [0.5, 0.6) is 0 Å². The van der Waals surface area contributed by atoms with Gasteiger partial charge in [-0.25, -0.2) is 9.78 Å². The minimum absolute atomic E-state index is 0.144. The molecule has 2 aromatic rings. The number of nitrogens with one attached hydrogen (secondary N) is 1. The van der Waals surface area contributed by atoms with Crippen molar-refractivity contribution in [1.29, 1.82) is 5.26 Å². The third kappa shape index (κ3) is 3.22. The van der Waals surface area contributed by atoms with Gasteiger partial charge in [-0.05, 0) is 35.8 Å². The molecule has 0 saturated carbocycles. The van der Waals surface area contributed by atoms with Crippen LogP contribution < -0.4 is 10.2 Å². The number of carbonyl (C=O) groups is 2. The van der Waals surface area contributed by atoms with Crippen molar-refractivity contribution in [2.45, 2.75) is 25.9 Å². The van der Waals surface area contributed by atoms with Gasteiger partial charge in [0.1, 0.15) is 12.7 Å². The fraction of sp³-hybridized carbons (Fsp3) is 0.300. The SMILES string of the molecule is CC(=O)NCC1COC(=O)N1c1ccc(C2=Cc3c(C#N)ncn3CC2)cc1. The largest absolute Gasteiger partial charge is 0.447 e. The zero-order chi connectivity index (χ0) is 19.7. The van der Waals surface area contributed by atoms with Gasteiger partial charge < -0.3 is 14.6 Å². The molecule has 1 aromatic heterocycles. The molecule has 0 aliphatic carbocycles. The van der Waals surface area contributed by atoms with Crippen molar-refractivity contribution >= 4 is 29.3 Å². The Bertz CT molecular complexity index is 1000. The summed E-state index contributed by atoms with van der Waals surface area (Å²) >= 11 is 0. The Morgan fingerprint density at radius 2 is 2.18 bits per heavy atom. The number of anilines is 1. The number of aromatic nitrogens is 2. The Balaban J connectivity index is 1.56. The molecule has 0 bridgehead atoms. The molecule has 1 unspecified atom stereocenters. The van der Waals surface area contributed by atoms with Gasteiger partial charge in [-0.3, -0.25) is 9.69 Å². The average molecular weight is 377 g/mol. The lowest BCUT2D eigenvalue weighted by Crippen LogP contribution is -2.42. The highest BCUT2D eigenvalue weighted by atomic mass is 16.6. The molecule has 28 heavy (non-hydrogen) atoms. The quantitative estimate of drug-likeness (QED) is 0.880. The summed E-state index contributed by atoms with van der Waals surface area (Å²) in [5, 5.41) is 11.9. The van der Waals surface area contributed by atoms with E-state index in [2.05, 4.69) is 16.4 Å². The first-order valence-corrected chi connectivity index (χ1v) is 9.03. The van der Waals surface area contributed by atoms with Gasteiger partial charge in [-0.15, -0.1) is 0 Å².